The Hall–Kier alpha value is -2.12. The second kappa shape index (κ2) is 10.8. The summed E-state index contributed by atoms with van der Waals surface area (Å²) >= 11 is 3.93. The van der Waals surface area contributed by atoms with Crippen LogP contribution in [0.3, 0.4) is 0 Å². The molecule has 160 valence electrons. The van der Waals surface area contributed by atoms with E-state index in [1.807, 2.05) is 54.7 Å². The molecule has 2 aromatic carbocycles. The highest BCUT2D eigenvalue weighted by Gasteiger charge is 2.18. The van der Waals surface area contributed by atoms with Gasteiger partial charge in [0.05, 0.1) is 17.9 Å². The summed E-state index contributed by atoms with van der Waals surface area (Å²) in [5.41, 5.74) is 6.90. The standard InChI is InChI=1S/C23H28N2O3S2/c1-15(2)20-12-18(16(3)11-21(20)27-4)13-24-25-22(26)14-28-19-7-5-17(6-8-19)23-29-9-10-30-23/h5-8,11-13,15,23H,9-10,14H2,1-4H3,(H,25,26)/b24-13-. The summed E-state index contributed by atoms with van der Waals surface area (Å²) in [4.78, 5) is 12.1. The molecule has 3 rings (SSSR count). The Morgan fingerprint density at radius 2 is 1.93 bits per heavy atom. The predicted molar refractivity (Wildman–Crippen MR) is 127 cm³/mol. The maximum atomic E-state index is 12.1. The van der Waals surface area contributed by atoms with E-state index >= 15 is 0 Å². The van der Waals surface area contributed by atoms with Crippen molar-refractivity contribution in [2.75, 3.05) is 25.2 Å². The average molecular weight is 445 g/mol. The van der Waals surface area contributed by atoms with Gasteiger partial charge >= 0.3 is 0 Å². The molecule has 2 aromatic rings. The first kappa shape index (κ1) is 22.6. The van der Waals surface area contributed by atoms with Crippen LogP contribution in [0.15, 0.2) is 41.5 Å². The van der Waals surface area contributed by atoms with Gasteiger partial charge in [-0.15, -0.1) is 23.5 Å². The van der Waals surface area contributed by atoms with Gasteiger partial charge in [0.2, 0.25) is 0 Å². The van der Waals surface area contributed by atoms with Crippen molar-refractivity contribution in [3.05, 3.63) is 58.7 Å². The minimum Gasteiger partial charge on any atom is -0.496 e. The van der Waals surface area contributed by atoms with Crippen LogP contribution >= 0.6 is 23.5 Å². The fourth-order valence-electron chi connectivity index (χ4n) is 3.11. The van der Waals surface area contributed by atoms with Crippen molar-refractivity contribution in [3.8, 4) is 11.5 Å². The van der Waals surface area contributed by atoms with Crippen LogP contribution in [0.5, 0.6) is 11.5 Å². The van der Waals surface area contributed by atoms with Gasteiger partial charge in [-0.1, -0.05) is 26.0 Å². The number of hydrazone groups is 1. The number of carbonyl (C=O) groups excluding carboxylic acids is 1. The van der Waals surface area contributed by atoms with Crippen molar-refractivity contribution in [1.29, 1.82) is 0 Å². The predicted octanol–water partition coefficient (Wildman–Crippen LogP) is 5.13. The Labute approximate surface area is 187 Å². The summed E-state index contributed by atoms with van der Waals surface area (Å²) in [5, 5.41) is 4.09. The number of amides is 1. The summed E-state index contributed by atoms with van der Waals surface area (Å²) < 4.78 is 11.5. The molecule has 1 saturated heterocycles. The maximum absolute atomic E-state index is 12.1. The Bertz CT molecular complexity index is 892. The number of hydrogen-bond acceptors (Lipinski definition) is 6. The zero-order chi connectivity index (χ0) is 21.5. The normalized spacial score (nSPS) is 14.4. The molecule has 1 aliphatic rings. The highest BCUT2D eigenvalue weighted by atomic mass is 32.2. The molecule has 0 bridgehead atoms. The first-order chi connectivity index (χ1) is 14.5. The number of hydrogen-bond donors (Lipinski definition) is 1. The molecule has 1 fully saturated rings. The van der Waals surface area contributed by atoms with E-state index in [-0.39, 0.29) is 12.5 Å². The van der Waals surface area contributed by atoms with Gasteiger partial charge < -0.3 is 9.47 Å². The van der Waals surface area contributed by atoms with E-state index < -0.39 is 0 Å². The van der Waals surface area contributed by atoms with Gasteiger partial charge in [-0.05, 0) is 59.4 Å². The Morgan fingerprint density at radius 1 is 1.23 bits per heavy atom. The van der Waals surface area contributed by atoms with E-state index in [4.69, 9.17) is 9.47 Å². The van der Waals surface area contributed by atoms with Crippen LogP contribution in [0.1, 0.15) is 46.6 Å². The van der Waals surface area contributed by atoms with Crippen molar-refractivity contribution in [1.82, 2.24) is 5.43 Å². The van der Waals surface area contributed by atoms with Crippen LogP contribution in [0.25, 0.3) is 0 Å². The molecule has 0 atom stereocenters. The lowest BCUT2D eigenvalue weighted by Gasteiger charge is -2.14. The van der Waals surface area contributed by atoms with E-state index in [0.717, 1.165) is 22.4 Å². The van der Waals surface area contributed by atoms with Gasteiger partial charge in [-0.25, -0.2) is 5.43 Å². The molecule has 0 spiro atoms. The first-order valence-electron chi connectivity index (χ1n) is 9.94. The van der Waals surface area contributed by atoms with Crippen LogP contribution < -0.4 is 14.9 Å². The van der Waals surface area contributed by atoms with E-state index in [9.17, 15) is 4.79 Å². The number of nitrogens with one attached hydrogen (secondary N) is 1. The molecular weight excluding hydrogens is 416 g/mol. The Morgan fingerprint density at radius 3 is 2.57 bits per heavy atom. The number of ether oxygens (including phenoxy) is 2. The molecule has 0 saturated carbocycles. The number of aryl methyl sites for hydroxylation is 1. The highest BCUT2D eigenvalue weighted by molar-refractivity contribution is 8.19. The molecule has 0 unspecified atom stereocenters. The summed E-state index contributed by atoms with van der Waals surface area (Å²) in [5.74, 6) is 3.97. The molecule has 1 heterocycles. The Kier molecular flexibility index (Phi) is 8.10. The first-order valence-corrected chi connectivity index (χ1v) is 12.0. The lowest BCUT2D eigenvalue weighted by Crippen LogP contribution is -2.24. The summed E-state index contributed by atoms with van der Waals surface area (Å²) in [7, 11) is 1.68. The van der Waals surface area contributed by atoms with Gasteiger partial charge in [-0.2, -0.15) is 5.10 Å². The summed E-state index contributed by atoms with van der Waals surface area (Å²) in [6.45, 7) is 6.14. The fraction of sp³-hybridized carbons (Fsp3) is 0.391. The second-order valence-electron chi connectivity index (χ2n) is 7.33. The molecule has 1 amide bonds. The maximum Gasteiger partial charge on any atom is 0.277 e. The number of rotatable bonds is 8. The monoisotopic (exact) mass is 444 g/mol. The van der Waals surface area contributed by atoms with Crippen LogP contribution in [-0.2, 0) is 4.79 Å². The zero-order valence-electron chi connectivity index (χ0n) is 17.8. The molecule has 0 aromatic heterocycles. The molecule has 0 aliphatic carbocycles. The van der Waals surface area contributed by atoms with Gasteiger partial charge in [0, 0.05) is 11.5 Å². The molecule has 30 heavy (non-hydrogen) atoms. The molecule has 7 heteroatoms. The van der Waals surface area contributed by atoms with Crippen molar-refractivity contribution in [2.45, 2.75) is 31.3 Å². The molecular formula is C23H28N2O3S2. The summed E-state index contributed by atoms with van der Waals surface area (Å²) in [6.07, 6.45) is 1.66. The van der Waals surface area contributed by atoms with Crippen LogP contribution in [-0.4, -0.2) is 37.3 Å². The number of methoxy groups -OCH3 is 1. The number of benzene rings is 2. The second-order valence-corrected chi connectivity index (χ2v) is 10.1. The lowest BCUT2D eigenvalue weighted by molar-refractivity contribution is -0.123. The van der Waals surface area contributed by atoms with E-state index in [1.54, 1.807) is 13.3 Å². The van der Waals surface area contributed by atoms with E-state index in [2.05, 4.69) is 36.5 Å². The van der Waals surface area contributed by atoms with Crippen molar-refractivity contribution in [3.63, 3.8) is 0 Å². The highest BCUT2D eigenvalue weighted by Crippen LogP contribution is 2.45. The third-order valence-electron chi connectivity index (χ3n) is 4.78. The summed E-state index contributed by atoms with van der Waals surface area (Å²) in [6, 6.07) is 12.0. The molecule has 0 radical (unpaired) electrons. The van der Waals surface area contributed by atoms with Gasteiger partial charge in [0.15, 0.2) is 6.61 Å². The smallest absolute Gasteiger partial charge is 0.277 e. The zero-order valence-corrected chi connectivity index (χ0v) is 19.4. The van der Waals surface area contributed by atoms with Gasteiger partial charge in [-0.3, -0.25) is 4.79 Å². The van der Waals surface area contributed by atoms with Gasteiger partial charge in [0.25, 0.3) is 5.91 Å². The molecule has 1 N–H and O–H groups in total. The van der Waals surface area contributed by atoms with Gasteiger partial charge in [0.1, 0.15) is 11.5 Å². The van der Waals surface area contributed by atoms with Crippen molar-refractivity contribution in [2.24, 2.45) is 5.10 Å². The minimum absolute atomic E-state index is 0.0809. The molecule has 5 nitrogen and oxygen atoms in total. The van der Waals surface area contributed by atoms with Crippen LogP contribution in [0, 0.1) is 6.92 Å². The Balaban J connectivity index is 1.52. The quantitative estimate of drug-likeness (QED) is 0.452. The minimum atomic E-state index is -0.299. The van der Waals surface area contributed by atoms with Crippen molar-refractivity contribution < 1.29 is 14.3 Å². The number of nitrogens with zero attached hydrogens (tertiary/aromatic N) is 1. The largest absolute Gasteiger partial charge is 0.496 e. The molecule has 1 aliphatic heterocycles. The van der Waals surface area contributed by atoms with Crippen LogP contribution in [0.2, 0.25) is 0 Å². The van der Waals surface area contributed by atoms with Crippen LogP contribution in [0.4, 0.5) is 0 Å². The van der Waals surface area contributed by atoms with E-state index in [1.165, 1.54) is 17.1 Å². The third-order valence-corrected chi connectivity index (χ3v) is 7.88. The third kappa shape index (κ3) is 5.95. The number of carbonyl (C=O) groups is 1. The van der Waals surface area contributed by atoms with Crippen molar-refractivity contribution >= 4 is 35.6 Å². The SMILES string of the molecule is COc1cc(C)c(/C=N\NC(=O)COc2ccc(C3SCCS3)cc2)cc1C(C)C. The fourth-order valence-corrected chi connectivity index (χ4v) is 5.97. The lowest BCUT2D eigenvalue weighted by atomic mass is 9.97. The number of thioether (sulfide) groups is 2. The average Bonchev–Trinajstić information content (AvgIpc) is 3.28. The van der Waals surface area contributed by atoms with E-state index in [0.29, 0.717) is 16.2 Å². The topological polar surface area (TPSA) is 59.9 Å².